The second-order valence-electron chi connectivity index (χ2n) is 7.85. The van der Waals surface area contributed by atoms with E-state index in [1.807, 2.05) is 24.3 Å². The van der Waals surface area contributed by atoms with Crippen LogP contribution >= 0.6 is 0 Å². The molecule has 1 heterocycles. The number of piperidine rings is 1. The molecule has 1 aliphatic heterocycles. The van der Waals surface area contributed by atoms with E-state index in [2.05, 4.69) is 12.2 Å². The van der Waals surface area contributed by atoms with E-state index < -0.39 is 23.2 Å². The van der Waals surface area contributed by atoms with Crippen molar-refractivity contribution in [3.05, 3.63) is 65.2 Å². The lowest BCUT2D eigenvalue weighted by Crippen LogP contribution is -2.47. The van der Waals surface area contributed by atoms with Crippen LogP contribution in [0.2, 0.25) is 0 Å². The number of alkyl halides is 3. The summed E-state index contributed by atoms with van der Waals surface area (Å²) in [5.41, 5.74) is -0.130. The molecule has 32 heavy (non-hydrogen) atoms. The number of ether oxygens (including phenoxy) is 1. The number of rotatable bonds is 7. The van der Waals surface area contributed by atoms with Gasteiger partial charge in [0.1, 0.15) is 5.75 Å². The Hall–Kier alpha value is -3.03. The van der Waals surface area contributed by atoms with E-state index in [-0.39, 0.29) is 18.6 Å². The van der Waals surface area contributed by atoms with Crippen LogP contribution < -0.4 is 10.1 Å². The van der Waals surface area contributed by atoms with Crippen LogP contribution in [0.3, 0.4) is 0 Å². The highest BCUT2D eigenvalue weighted by Gasteiger charge is 2.35. The molecule has 0 atom stereocenters. The third-order valence-electron chi connectivity index (χ3n) is 5.48. The first-order valence-electron chi connectivity index (χ1n) is 10.7. The zero-order valence-corrected chi connectivity index (χ0v) is 18.0. The van der Waals surface area contributed by atoms with Gasteiger partial charge in [0.25, 0.3) is 11.8 Å². The Bertz CT molecular complexity index is 921. The molecule has 5 nitrogen and oxygen atoms in total. The smallest absolute Gasteiger partial charge is 0.417 e. The second-order valence-corrected chi connectivity index (χ2v) is 7.85. The maximum Gasteiger partial charge on any atom is 0.417 e. The number of benzene rings is 2. The van der Waals surface area contributed by atoms with Gasteiger partial charge in [0.2, 0.25) is 0 Å². The topological polar surface area (TPSA) is 58.6 Å². The molecular weight excluding hydrogens is 421 g/mol. The fourth-order valence-corrected chi connectivity index (χ4v) is 3.74. The van der Waals surface area contributed by atoms with Crippen molar-refractivity contribution in [3.63, 3.8) is 0 Å². The van der Waals surface area contributed by atoms with E-state index in [9.17, 15) is 22.8 Å². The minimum atomic E-state index is -4.60. The SMILES string of the molecule is CCCc1ccc(OCC(=O)N2CCC(NC(=O)c3ccccc3C(F)(F)F)CC2)cc1. The molecule has 0 saturated carbocycles. The molecule has 3 rings (SSSR count). The summed E-state index contributed by atoms with van der Waals surface area (Å²) in [5.74, 6) is -0.281. The van der Waals surface area contributed by atoms with Crippen molar-refractivity contribution in [2.45, 2.75) is 44.8 Å². The van der Waals surface area contributed by atoms with Crippen LogP contribution in [0.15, 0.2) is 48.5 Å². The summed E-state index contributed by atoms with van der Waals surface area (Å²) in [6.45, 7) is 2.84. The molecule has 1 fully saturated rings. The van der Waals surface area contributed by atoms with Crippen molar-refractivity contribution in [1.29, 1.82) is 0 Å². The molecule has 2 aromatic rings. The Morgan fingerprint density at radius 1 is 1.06 bits per heavy atom. The highest BCUT2D eigenvalue weighted by atomic mass is 19.4. The van der Waals surface area contributed by atoms with Crippen molar-refractivity contribution in [3.8, 4) is 5.75 Å². The molecule has 1 N–H and O–H groups in total. The predicted molar refractivity (Wildman–Crippen MR) is 114 cm³/mol. The molecule has 172 valence electrons. The van der Waals surface area contributed by atoms with Crippen molar-refractivity contribution in [2.75, 3.05) is 19.7 Å². The van der Waals surface area contributed by atoms with E-state index in [0.29, 0.717) is 31.7 Å². The van der Waals surface area contributed by atoms with Crippen LogP contribution in [0.4, 0.5) is 13.2 Å². The number of hydrogen-bond acceptors (Lipinski definition) is 3. The first kappa shape index (κ1) is 23.6. The normalized spacial score (nSPS) is 14.8. The van der Waals surface area contributed by atoms with Gasteiger partial charge in [-0.3, -0.25) is 9.59 Å². The van der Waals surface area contributed by atoms with Gasteiger partial charge in [-0.25, -0.2) is 0 Å². The molecule has 2 amide bonds. The molecule has 0 aliphatic carbocycles. The van der Waals surface area contributed by atoms with Crippen LogP contribution in [0.5, 0.6) is 5.75 Å². The Balaban J connectivity index is 1.47. The first-order chi connectivity index (χ1) is 15.3. The molecule has 0 spiro atoms. The van der Waals surface area contributed by atoms with E-state index in [1.165, 1.54) is 23.8 Å². The van der Waals surface area contributed by atoms with Crippen LogP contribution in [0, 0.1) is 0 Å². The minimum absolute atomic E-state index is 0.0802. The molecule has 0 unspecified atom stereocenters. The number of carbonyl (C=O) groups excluding carboxylic acids is 2. The lowest BCUT2D eigenvalue weighted by Gasteiger charge is -2.32. The van der Waals surface area contributed by atoms with Gasteiger partial charge < -0.3 is 15.0 Å². The quantitative estimate of drug-likeness (QED) is 0.681. The summed E-state index contributed by atoms with van der Waals surface area (Å²) in [5, 5.41) is 2.67. The minimum Gasteiger partial charge on any atom is -0.484 e. The first-order valence-corrected chi connectivity index (χ1v) is 10.7. The molecule has 0 radical (unpaired) electrons. The number of hydrogen-bond donors (Lipinski definition) is 1. The van der Waals surface area contributed by atoms with Crippen molar-refractivity contribution in [1.82, 2.24) is 10.2 Å². The van der Waals surface area contributed by atoms with Gasteiger partial charge in [-0.2, -0.15) is 13.2 Å². The van der Waals surface area contributed by atoms with Crippen LogP contribution in [-0.4, -0.2) is 42.5 Å². The van der Waals surface area contributed by atoms with Crippen molar-refractivity contribution >= 4 is 11.8 Å². The monoisotopic (exact) mass is 448 g/mol. The fraction of sp³-hybridized carbons (Fsp3) is 0.417. The van der Waals surface area contributed by atoms with E-state index in [4.69, 9.17) is 4.74 Å². The maximum absolute atomic E-state index is 13.1. The molecule has 1 aliphatic rings. The van der Waals surface area contributed by atoms with Gasteiger partial charge in [-0.05, 0) is 49.1 Å². The number of nitrogens with zero attached hydrogens (tertiary/aromatic N) is 1. The lowest BCUT2D eigenvalue weighted by atomic mass is 10.0. The Labute approximate surface area is 185 Å². The zero-order valence-electron chi connectivity index (χ0n) is 18.0. The molecule has 8 heteroatoms. The number of amides is 2. The van der Waals surface area contributed by atoms with Gasteiger partial charge in [-0.15, -0.1) is 0 Å². The molecular formula is C24H27F3N2O3. The third-order valence-corrected chi connectivity index (χ3v) is 5.48. The predicted octanol–water partition coefficient (Wildman–Crippen LogP) is 4.46. The van der Waals surface area contributed by atoms with Crippen molar-refractivity contribution in [2.24, 2.45) is 0 Å². The highest BCUT2D eigenvalue weighted by molar-refractivity contribution is 5.96. The second kappa shape index (κ2) is 10.5. The standard InChI is InChI=1S/C24H27F3N2O3/c1-2-5-17-8-10-19(11-9-17)32-16-22(30)29-14-12-18(13-15-29)28-23(31)20-6-3-4-7-21(20)24(25,26)27/h3-4,6-11,18H,2,5,12-16H2,1H3,(H,28,31). The largest absolute Gasteiger partial charge is 0.484 e. The van der Waals surface area contributed by atoms with Crippen molar-refractivity contribution < 1.29 is 27.5 Å². The van der Waals surface area contributed by atoms with Gasteiger partial charge in [0.05, 0.1) is 11.1 Å². The average molecular weight is 448 g/mol. The molecule has 0 aromatic heterocycles. The lowest BCUT2D eigenvalue weighted by molar-refractivity contribution is -0.138. The fourth-order valence-electron chi connectivity index (χ4n) is 3.74. The number of likely N-dealkylation sites (tertiary alicyclic amines) is 1. The van der Waals surface area contributed by atoms with E-state index >= 15 is 0 Å². The Morgan fingerprint density at radius 3 is 2.34 bits per heavy atom. The number of halogens is 3. The number of nitrogens with one attached hydrogen (secondary N) is 1. The van der Waals surface area contributed by atoms with Gasteiger partial charge in [-0.1, -0.05) is 37.6 Å². The van der Waals surface area contributed by atoms with Crippen LogP contribution in [-0.2, 0) is 17.4 Å². The summed E-state index contributed by atoms with van der Waals surface area (Å²) >= 11 is 0. The van der Waals surface area contributed by atoms with Crippen LogP contribution in [0.1, 0.15) is 47.7 Å². The van der Waals surface area contributed by atoms with E-state index in [0.717, 1.165) is 18.9 Å². The van der Waals surface area contributed by atoms with Crippen LogP contribution in [0.25, 0.3) is 0 Å². The Kier molecular flexibility index (Phi) is 7.77. The average Bonchev–Trinajstić information content (AvgIpc) is 2.78. The summed E-state index contributed by atoms with van der Waals surface area (Å²) in [4.78, 5) is 26.5. The Morgan fingerprint density at radius 2 is 1.72 bits per heavy atom. The number of carbonyl (C=O) groups is 2. The molecule has 2 aromatic carbocycles. The molecule has 0 bridgehead atoms. The molecule has 1 saturated heterocycles. The third kappa shape index (κ3) is 6.24. The summed E-state index contributed by atoms with van der Waals surface area (Å²) in [7, 11) is 0. The number of aryl methyl sites for hydroxylation is 1. The van der Waals surface area contributed by atoms with Gasteiger partial charge in [0.15, 0.2) is 6.61 Å². The summed E-state index contributed by atoms with van der Waals surface area (Å²) in [6.07, 6.45) is -1.61. The highest BCUT2D eigenvalue weighted by Crippen LogP contribution is 2.32. The maximum atomic E-state index is 13.1. The van der Waals surface area contributed by atoms with E-state index in [1.54, 1.807) is 4.90 Å². The van der Waals surface area contributed by atoms with Gasteiger partial charge >= 0.3 is 6.18 Å². The van der Waals surface area contributed by atoms with Gasteiger partial charge in [0, 0.05) is 19.1 Å². The summed E-state index contributed by atoms with van der Waals surface area (Å²) < 4.78 is 45.0. The zero-order chi connectivity index (χ0) is 23.1. The summed E-state index contributed by atoms with van der Waals surface area (Å²) in [6, 6.07) is 12.1.